The Bertz CT molecular complexity index is 481. The normalized spacial score (nSPS) is 11.5. The monoisotopic (exact) mass is 425 g/mol. The Morgan fingerprint density at radius 2 is 1.36 bits per heavy atom. The molecule has 0 aliphatic heterocycles. The summed E-state index contributed by atoms with van der Waals surface area (Å²) >= 11 is 0. The minimum atomic E-state index is -3.76. The van der Waals surface area contributed by atoms with Crippen molar-refractivity contribution in [1.82, 2.24) is 0 Å². The van der Waals surface area contributed by atoms with Gasteiger partial charge in [-0.1, -0.05) is 70.4 Å². The van der Waals surface area contributed by atoms with Gasteiger partial charge >= 0.3 is 45.6 Å². The Kier molecular flexibility index (Phi) is 23.6. The van der Waals surface area contributed by atoms with E-state index in [-0.39, 0.29) is 48.3 Å². The first-order chi connectivity index (χ1) is 13.0. The van der Waals surface area contributed by atoms with E-state index in [0.717, 1.165) is 25.7 Å². The number of unbranched alkanes of at least 4 members (excludes halogenated alkanes) is 11. The molecule has 5 nitrogen and oxygen atoms in total. The number of allylic oxidation sites excluding steroid dienone is 2. The molecule has 0 aromatic rings. The second-order valence-corrected chi connectivity index (χ2v) is 8.78. The van der Waals surface area contributed by atoms with Gasteiger partial charge in [0.05, 0.1) is 5.75 Å². The first-order valence-corrected chi connectivity index (χ1v) is 12.2. The van der Waals surface area contributed by atoms with Crippen molar-refractivity contribution in [3.05, 3.63) is 17.5 Å². The number of hydrogen-bond acceptors (Lipinski definition) is 4. The summed E-state index contributed by atoms with van der Waals surface area (Å²) in [6.07, 6.45) is 20.2. The van der Waals surface area contributed by atoms with Crippen molar-refractivity contribution in [2.24, 2.45) is 0 Å². The van der Waals surface area contributed by atoms with Crippen molar-refractivity contribution >= 4 is 16.1 Å². The van der Waals surface area contributed by atoms with Crippen molar-refractivity contribution in [3.63, 3.8) is 0 Å². The molecule has 0 fully saturated rings. The third-order valence-corrected chi connectivity index (χ3v) is 5.55. The number of nitrogens with zero attached hydrogens (tertiary/aromatic N) is 1. The average Bonchev–Trinajstić information content (AvgIpc) is 2.63. The molecule has 0 bridgehead atoms. The Labute approximate surface area is 195 Å². The molecule has 0 rings (SSSR count). The summed E-state index contributed by atoms with van der Waals surface area (Å²) in [4.78, 5) is 11.5. The molecule has 160 valence electrons. The smallest absolute Gasteiger partial charge is 0.664 e. The Balaban J connectivity index is 0. The van der Waals surface area contributed by atoms with Gasteiger partial charge in [-0.15, -0.1) is 6.54 Å². The largest absolute Gasteiger partial charge is 1.00 e. The van der Waals surface area contributed by atoms with Crippen molar-refractivity contribution in [3.8, 4) is 0 Å². The summed E-state index contributed by atoms with van der Waals surface area (Å²) in [5, 5.41) is 3.70. The fourth-order valence-electron chi connectivity index (χ4n) is 2.77. The van der Waals surface area contributed by atoms with E-state index >= 15 is 0 Å². The van der Waals surface area contributed by atoms with Crippen LogP contribution in [0.1, 0.15) is 96.8 Å². The summed E-state index contributed by atoms with van der Waals surface area (Å²) in [6, 6.07) is 0. The molecule has 0 saturated carbocycles. The van der Waals surface area contributed by atoms with Crippen LogP contribution in [-0.4, -0.2) is 33.7 Å². The van der Waals surface area contributed by atoms with Gasteiger partial charge in [0.15, 0.2) is 0 Å². The van der Waals surface area contributed by atoms with Crippen LogP contribution in [0.4, 0.5) is 0 Å². The van der Waals surface area contributed by atoms with Gasteiger partial charge in [0, 0.05) is 6.42 Å². The fraction of sp³-hybridized carbons (Fsp3) is 0.857. The zero-order chi connectivity index (χ0) is 20.2. The standard InChI is InChI=1S/C21H40NO4S.Na/c1-3-4-5-6-7-8-9-10-11-12-13-14-15-16-17-18-21(23)26-27(24,25)20-19-22-2;/h10-11H,3-9,12-20H2,1-2H3;/q-1;+1/b11-10-;. The molecule has 0 aromatic carbocycles. The molecular formula is C21H40NNaO4S. The first kappa shape index (κ1) is 30.3. The maximum atomic E-state index is 11.5. The molecule has 0 radical (unpaired) electrons. The van der Waals surface area contributed by atoms with E-state index in [1.54, 1.807) is 0 Å². The van der Waals surface area contributed by atoms with E-state index in [9.17, 15) is 13.2 Å². The van der Waals surface area contributed by atoms with Gasteiger partial charge in [-0.3, -0.25) is 4.79 Å². The van der Waals surface area contributed by atoms with Gasteiger partial charge in [-0.2, -0.15) is 15.5 Å². The second kappa shape index (κ2) is 21.8. The molecule has 28 heavy (non-hydrogen) atoms. The molecule has 0 amide bonds. The SMILES string of the molecule is CCCCCCCC/C=C\CCCCCCCC(=O)OS(=O)(=O)CC[N-]C.[Na+]. The predicted molar refractivity (Wildman–Crippen MR) is 113 cm³/mol. The van der Waals surface area contributed by atoms with Crippen LogP contribution in [0.2, 0.25) is 0 Å². The molecule has 0 saturated heterocycles. The molecule has 0 heterocycles. The molecule has 0 aliphatic rings. The predicted octanol–water partition coefficient (Wildman–Crippen LogP) is 2.90. The van der Waals surface area contributed by atoms with Crippen molar-refractivity contribution in [1.29, 1.82) is 0 Å². The van der Waals surface area contributed by atoms with Crippen LogP contribution in [-0.2, 0) is 19.1 Å². The van der Waals surface area contributed by atoms with Crippen molar-refractivity contribution < 1.29 is 47.0 Å². The van der Waals surface area contributed by atoms with E-state index in [0.29, 0.717) is 6.42 Å². The summed E-state index contributed by atoms with van der Waals surface area (Å²) in [7, 11) is -2.23. The second-order valence-electron chi connectivity index (χ2n) is 7.09. The number of carbonyl (C=O) groups excluding carboxylic acids is 1. The Hall–Kier alpha value is 0.120. The first-order valence-electron chi connectivity index (χ1n) is 10.7. The van der Waals surface area contributed by atoms with Crippen molar-refractivity contribution in [2.75, 3.05) is 19.3 Å². The maximum Gasteiger partial charge on any atom is 1.00 e. The molecule has 0 unspecified atom stereocenters. The van der Waals surface area contributed by atoms with Gasteiger partial charge in [0.1, 0.15) is 0 Å². The molecule has 0 atom stereocenters. The summed E-state index contributed by atoms with van der Waals surface area (Å²) in [5.74, 6) is -0.884. The van der Waals surface area contributed by atoms with Crippen LogP contribution in [0.15, 0.2) is 12.2 Å². The third-order valence-electron chi connectivity index (χ3n) is 4.43. The minimum Gasteiger partial charge on any atom is -0.664 e. The molecule has 0 spiro atoms. The zero-order valence-electron chi connectivity index (χ0n) is 18.5. The van der Waals surface area contributed by atoms with E-state index < -0.39 is 16.1 Å². The van der Waals surface area contributed by atoms with Crippen LogP contribution >= 0.6 is 0 Å². The van der Waals surface area contributed by atoms with Gasteiger partial charge < -0.3 is 9.50 Å². The Morgan fingerprint density at radius 1 is 0.857 bits per heavy atom. The number of carbonyl (C=O) groups is 1. The van der Waals surface area contributed by atoms with Crippen molar-refractivity contribution in [2.45, 2.75) is 96.8 Å². The number of rotatable bonds is 19. The molecule has 0 aliphatic carbocycles. The quantitative estimate of drug-likeness (QED) is 0.138. The van der Waals surface area contributed by atoms with E-state index in [1.165, 1.54) is 58.4 Å². The van der Waals surface area contributed by atoms with Crippen LogP contribution in [0.25, 0.3) is 5.32 Å². The fourth-order valence-corrected chi connectivity index (χ4v) is 3.62. The minimum absolute atomic E-state index is 0. The molecular weight excluding hydrogens is 385 g/mol. The van der Waals surface area contributed by atoms with Crippen LogP contribution < -0.4 is 29.6 Å². The van der Waals surface area contributed by atoms with Crippen LogP contribution in [0.5, 0.6) is 0 Å². The summed E-state index contributed by atoms with van der Waals surface area (Å²) in [5.41, 5.74) is 0. The molecule has 7 heteroatoms. The third kappa shape index (κ3) is 22.4. The Morgan fingerprint density at radius 3 is 1.89 bits per heavy atom. The van der Waals surface area contributed by atoms with E-state index in [1.807, 2.05) is 0 Å². The van der Waals surface area contributed by atoms with Crippen LogP contribution in [0, 0.1) is 0 Å². The summed E-state index contributed by atoms with van der Waals surface area (Å²) in [6.45, 7) is 2.40. The van der Waals surface area contributed by atoms with E-state index in [4.69, 9.17) is 0 Å². The van der Waals surface area contributed by atoms with Gasteiger partial charge in [-0.25, -0.2) is 0 Å². The number of hydrogen-bond donors (Lipinski definition) is 0. The van der Waals surface area contributed by atoms with Gasteiger partial charge in [0.25, 0.3) is 0 Å². The van der Waals surface area contributed by atoms with Gasteiger partial charge in [-0.05, 0) is 32.1 Å². The summed E-state index contributed by atoms with van der Waals surface area (Å²) < 4.78 is 27.4. The molecule has 0 aromatic heterocycles. The van der Waals surface area contributed by atoms with E-state index in [2.05, 4.69) is 28.6 Å². The average molecular weight is 426 g/mol. The van der Waals surface area contributed by atoms with Crippen LogP contribution in [0.3, 0.4) is 0 Å². The maximum absolute atomic E-state index is 11.5. The molecule has 0 N–H and O–H groups in total. The zero-order valence-corrected chi connectivity index (χ0v) is 21.3. The topological polar surface area (TPSA) is 74.5 Å². The van der Waals surface area contributed by atoms with Gasteiger partial charge in [0.2, 0.25) is 0 Å².